The van der Waals surface area contributed by atoms with Gasteiger partial charge < -0.3 is 15.2 Å². The summed E-state index contributed by atoms with van der Waals surface area (Å²) in [6.07, 6.45) is 0.737. The van der Waals surface area contributed by atoms with E-state index in [9.17, 15) is 9.90 Å². The van der Waals surface area contributed by atoms with Crippen LogP contribution in [0.3, 0.4) is 0 Å². The van der Waals surface area contributed by atoms with Gasteiger partial charge in [0.25, 0.3) is 0 Å². The van der Waals surface area contributed by atoms with Gasteiger partial charge in [-0.05, 0) is 25.9 Å². The van der Waals surface area contributed by atoms with Crippen LogP contribution in [-0.4, -0.2) is 37.4 Å². The van der Waals surface area contributed by atoms with Gasteiger partial charge in [0.05, 0.1) is 19.1 Å². The predicted octanol–water partition coefficient (Wildman–Crippen LogP) is -0.480. The molecule has 1 heterocycles. The zero-order valence-corrected chi connectivity index (χ0v) is 7.25. The van der Waals surface area contributed by atoms with Crippen molar-refractivity contribution in [1.82, 2.24) is 5.32 Å². The van der Waals surface area contributed by atoms with E-state index in [4.69, 9.17) is 0 Å². The lowest BCUT2D eigenvalue weighted by molar-refractivity contribution is -0.149. The molecule has 0 bridgehead atoms. The Morgan fingerprint density at radius 2 is 2.17 bits per heavy atom. The Morgan fingerprint density at radius 3 is 2.83 bits per heavy atom. The molecule has 1 aliphatic rings. The summed E-state index contributed by atoms with van der Waals surface area (Å²) in [5, 5.41) is 12.6. The second-order valence-corrected chi connectivity index (χ2v) is 3.02. The molecule has 0 aromatic heterocycles. The first-order chi connectivity index (χ1) is 5.75. The highest BCUT2D eigenvalue weighted by Crippen LogP contribution is 2.15. The highest BCUT2D eigenvalue weighted by molar-refractivity contribution is 5.72. The first-order valence-electron chi connectivity index (χ1n) is 4.22. The van der Waals surface area contributed by atoms with Gasteiger partial charge in [0.2, 0.25) is 0 Å². The Labute approximate surface area is 71.9 Å². The summed E-state index contributed by atoms with van der Waals surface area (Å²) >= 11 is 0. The maximum Gasteiger partial charge on any atom is 0.311 e. The Kier molecular flexibility index (Phi) is 3.49. The van der Waals surface area contributed by atoms with Gasteiger partial charge in [0, 0.05) is 0 Å². The molecule has 70 valence electrons. The van der Waals surface area contributed by atoms with Crippen LogP contribution in [0.5, 0.6) is 0 Å². The second kappa shape index (κ2) is 4.42. The average molecular weight is 173 g/mol. The molecule has 0 unspecified atom stereocenters. The van der Waals surface area contributed by atoms with Crippen LogP contribution in [0.1, 0.15) is 12.8 Å². The van der Waals surface area contributed by atoms with Crippen LogP contribution in [0.15, 0.2) is 0 Å². The van der Waals surface area contributed by atoms with E-state index in [0.29, 0.717) is 12.8 Å². The number of hydrogen-bond donors (Lipinski definition) is 2. The van der Waals surface area contributed by atoms with E-state index in [2.05, 4.69) is 10.1 Å². The van der Waals surface area contributed by atoms with E-state index >= 15 is 0 Å². The Hall–Kier alpha value is -0.610. The van der Waals surface area contributed by atoms with Crippen LogP contribution in [0.4, 0.5) is 0 Å². The molecule has 4 heteroatoms. The number of esters is 1. The number of hydrogen-bond acceptors (Lipinski definition) is 4. The summed E-state index contributed by atoms with van der Waals surface area (Å²) in [6, 6.07) is 0. The highest BCUT2D eigenvalue weighted by Gasteiger charge is 2.28. The van der Waals surface area contributed by atoms with Crippen LogP contribution >= 0.6 is 0 Å². The number of carbonyl (C=O) groups excluding carboxylic acids is 1. The third kappa shape index (κ3) is 2.19. The van der Waals surface area contributed by atoms with Gasteiger partial charge in [-0.1, -0.05) is 0 Å². The average Bonchev–Trinajstić information content (AvgIpc) is 2.28. The van der Waals surface area contributed by atoms with Crippen LogP contribution in [0.25, 0.3) is 0 Å². The van der Waals surface area contributed by atoms with Crippen molar-refractivity contribution in [3.63, 3.8) is 0 Å². The standard InChI is InChI=1S/C8H15NO3/c1-12-8(11)6-2-4-9-5-3-7(6)10/h6-7,9-10H,2-5H2,1H3/t6-,7-/m0/s1. The normalized spacial score (nSPS) is 30.8. The smallest absolute Gasteiger partial charge is 0.311 e. The minimum absolute atomic E-state index is 0.300. The van der Waals surface area contributed by atoms with Crippen molar-refractivity contribution in [3.05, 3.63) is 0 Å². The van der Waals surface area contributed by atoms with Gasteiger partial charge >= 0.3 is 5.97 Å². The minimum atomic E-state index is -0.549. The highest BCUT2D eigenvalue weighted by atomic mass is 16.5. The summed E-state index contributed by atoms with van der Waals surface area (Å²) < 4.78 is 4.59. The van der Waals surface area contributed by atoms with Crippen molar-refractivity contribution in [2.24, 2.45) is 5.92 Å². The van der Waals surface area contributed by atoms with Crippen LogP contribution in [0, 0.1) is 5.92 Å². The molecule has 1 aliphatic heterocycles. The zero-order chi connectivity index (χ0) is 8.97. The third-order valence-electron chi connectivity index (χ3n) is 2.22. The SMILES string of the molecule is COC(=O)[C@H]1CCNCC[C@@H]1O. The maximum atomic E-state index is 11.1. The van der Waals surface area contributed by atoms with Gasteiger partial charge in [0.15, 0.2) is 0 Å². The number of nitrogens with one attached hydrogen (secondary N) is 1. The number of methoxy groups -OCH3 is 1. The molecule has 1 rings (SSSR count). The van der Waals surface area contributed by atoms with E-state index in [1.54, 1.807) is 0 Å². The fourth-order valence-electron chi connectivity index (χ4n) is 1.45. The van der Waals surface area contributed by atoms with Gasteiger partial charge in [-0.15, -0.1) is 0 Å². The summed E-state index contributed by atoms with van der Waals surface area (Å²) in [7, 11) is 1.35. The Morgan fingerprint density at radius 1 is 1.50 bits per heavy atom. The van der Waals surface area contributed by atoms with Crippen molar-refractivity contribution in [1.29, 1.82) is 0 Å². The second-order valence-electron chi connectivity index (χ2n) is 3.02. The molecule has 0 radical (unpaired) electrons. The lowest BCUT2D eigenvalue weighted by atomic mass is 9.98. The monoisotopic (exact) mass is 173 g/mol. The molecule has 1 fully saturated rings. The van der Waals surface area contributed by atoms with Crippen LogP contribution in [0.2, 0.25) is 0 Å². The molecule has 0 amide bonds. The largest absolute Gasteiger partial charge is 0.469 e. The summed E-state index contributed by atoms with van der Waals surface area (Å²) in [6.45, 7) is 1.55. The molecule has 1 saturated heterocycles. The number of carbonyl (C=O) groups is 1. The first kappa shape index (κ1) is 9.48. The lowest BCUT2D eigenvalue weighted by Crippen LogP contribution is -2.28. The van der Waals surface area contributed by atoms with E-state index in [0.717, 1.165) is 13.1 Å². The molecule has 0 aromatic rings. The van der Waals surface area contributed by atoms with Gasteiger partial charge in [0.1, 0.15) is 0 Å². The van der Waals surface area contributed by atoms with Crippen molar-refractivity contribution in [3.8, 4) is 0 Å². The molecule has 0 spiro atoms. The molecular formula is C8H15NO3. The van der Waals surface area contributed by atoms with E-state index < -0.39 is 6.10 Å². The van der Waals surface area contributed by atoms with Crippen molar-refractivity contribution >= 4 is 5.97 Å². The van der Waals surface area contributed by atoms with Crippen molar-refractivity contribution in [2.45, 2.75) is 18.9 Å². The van der Waals surface area contributed by atoms with E-state index in [1.807, 2.05) is 0 Å². The Bertz CT molecular complexity index is 160. The Balaban J connectivity index is 2.52. The van der Waals surface area contributed by atoms with Gasteiger partial charge in [-0.3, -0.25) is 4.79 Å². The molecular weight excluding hydrogens is 158 g/mol. The van der Waals surface area contributed by atoms with Crippen molar-refractivity contribution < 1.29 is 14.6 Å². The summed E-state index contributed by atoms with van der Waals surface area (Å²) in [5.74, 6) is -0.642. The minimum Gasteiger partial charge on any atom is -0.469 e. The predicted molar refractivity (Wildman–Crippen MR) is 43.6 cm³/mol. The van der Waals surface area contributed by atoms with Crippen molar-refractivity contribution in [2.75, 3.05) is 20.2 Å². The first-order valence-corrected chi connectivity index (χ1v) is 4.22. The number of aliphatic hydroxyl groups is 1. The molecule has 0 saturated carbocycles. The van der Waals surface area contributed by atoms with Crippen LogP contribution in [-0.2, 0) is 9.53 Å². The topological polar surface area (TPSA) is 58.6 Å². The summed E-state index contributed by atoms with van der Waals surface area (Å²) in [5.41, 5.74) is 0. The molecule has 0 aromatic carbocycles. The zero-order valence-electron chi connectivity index (χ0n) is 7.25. The van der Waals surface area contributed by atoms with Crippen LogP contribution < -0.4 is 5.32 Å². The van der Waals surface area contributed by atoms with Gasteiger partial charge in [-0.2, -0.15) is 0 Å². The third-order valence-corrected chi connectivity index (χ3v) is 2.22. The van der Waals surface area contributed by atoms with E-state index in [1.165, 1.54) is 7.11 Å². The molecule has 12 heavy (non-hydrogen) atoms. The number of rotatable bonds is 1. The number of aliphatic hydroxyl groups excluding tert-OH is 1. The summed E-state index contributed by atoms with van der Waals surface area (Å²) in [4.78, 5) is 11.1. The van der Waals surface area contributed by atoms with Gasteiger partial charge in [-0.25, -0.2) is 0 Å². The molecule has 2 atom stereocenters. The fourth-order valence-corrected chi connectivity index (χ4v) is 1.45. The lowest BCUT2D eigenvalue weighted by Gasteiger charge is -2.16. The number of ether oxygens (including phenoxy) is 1. The quantitative estimate of drug-likeness (QED) is 0.526. The molecule has 0 aliphatic carbocycles. The maximum absolute atomic E-state index is 11.1. The molecule has 4 nitrogen and oxygen atoms in total. The molecule has 2 N–H and O–H groups in total. The van der Waals surface area contributed by atoms with E-state index in [-0.39, 0.29) is 11.9 Å². The fraction of sp³-hybridized carbons (Fsp3) is 0.875.